The van der Waals surface area contributed by atoms with E-state index in [0.29, 0.717) is 16.5 Å². The number of methoxy groups -OCH3 is 1. The number of carbonyl (C=O) groups is 1. The second-order valence-electron chi connectivity index (χ2n) is 4.43. The average Bonchev–Trinajstić information content (AvgIpc) is 2.51. The van der Waals surface area contributed by atoms with Crippen molar-refractivity contribution in [2.75, 3.05) is 7.11 Å². The van der Waals surface area contributed by atoms with Crippen LogP contribution in [0.4, 0.5) is 4.39 Å². The van der Waals surface area contributed by atoms with E-state index in [2.05, 4.69) is 4.74 Å². The highest BCUT2D eigenvalue weighted by Crippen LogP contribution is 2.28. The van der Waals surface area contributed by atoms with Gasteiger partial charge in [-0.3, -0.25) is 0 Å². The molecular formula is C16H14ClFO4. The summed E-state index contributed by atoms with van der Waals surface area (Å²) in [5, 5.41) is 0.297. The predicted molar refractivity (Wildman–Crippen MR) is 80.0 cm³/mol. The van der Waals surface area contributed by atoms with Crippen molar-refractivity contribution in [3.8, 4) is 17.2 Å². The van der Waals surface area contributed by atoms with Gasteiger partial charge in [0.15, 0.2) is 17.7 Å². The molecule has 22 heavy (non-hydrogen) atoms. The Balaban J connectivity index is 2.04. The van der Waals surface area contributed by atoms with Crippen molar-refractivity contribution in [3.63, 3.8) is 0 Å². The average molecular weight is 325 g/mol. The molecule has 0 N–H and O–H groups in total. The third-order valence-corrected chi connectivity index (χ3v) is 3.03. The number of hydrogen-bond donors (Lipinski definition) is 0. The molecule has 0 aliphatic heterocycles. The van der Waals surface area contributed by atoms with Gasteiger partial charge in [0.2, 0.25) is 0 Å². The number of carbonyl (C=O) groups excluding carboxylic acids is 1. The first kappa shape index (κ1) is 16.1. The SMILES string of the molecule is COC(=O)[C@@H](C)Oc1ccc(Oc2ccc(Cl)cc2F)cc1. The largest absolute Gasteiger partial charge is 0.479 e. The van der Waals surface area contributed by atoms with Crippen LogP contribution in [0.3, 0.4) is 0 Å². The van der Waals surface area contributed by atoms with E-state index in [1.165, 1.54) is 25.3 Å². The number of ether oxygens (including phenoxy) is 3. The van der Waals surface area contributed by atoms with Crippen LogP contribution in [0.2, 0.25) is 5.02 Å². The van der Waals surface area contributed by atoms with Gasteiger partial charge in [-0.05, 0) is 49.4 Å². The third kappa shape index (κ3) is 4.11. The van der Waals surface area contributed by atoms with E-state index in [0.717, 1.165) is 0 Å². The third-order valence-electron chi connectivity index (χ3n) is 2.79. The lowest BCUT2D eigenvalue weighted by Gasteiger charge is -2.13. The maximum atomic E-state index is 13.6. The normalized spacial score (nSPS) is 11.6. The second kappa shape index (κ2) is 7.13. The van der Waals surface area contributed by atoms with Gasteiger partial charge in [-0.1, -0.05) is 11.6 Å². The van der Waals surface area contributed by atoms with Crippen LogP contribution in [0, 0.1) is 5.82 Å². The number of benzene rings is 2. The zero-order valence-electron chi connectivity index (χ0n) is 12.0. The van der Waals surface area contributed by atoms with Crippen LogP contribution in [-0.4, -0.2) is 19.2 Å². The van der Waals surface area contributed by atoms with Crippen molar-refractivity contribution in [3.05, 3.63) is 53.3 Å². The van der Waals surface area contributed by atoms with E-state index in [9.17, 15) is 9.18 Å². The molecule has 2 aromatic rings. The molecule has 2 aromatic carbocycles. The van der Waals surface area contributed by atoms with Crippen LogP contribution in [0.25, 0.3) is 0 Å². The molecule has 0 aliphatic rings. The van der Waals surface area contributed by atoms with E-state index < -0.39 is 17.9 Å². The summed E-state index contributed by atoms with van der Waals surface area (Å²) in [7, 11) is 1.29. The molecule has 4 nitrogen and oxygen atoms in total. The Bertz CT molecular complexity index is 658. The summed E-state index contributed by atoms with van der Waals surface area (Å²) in [4.78, 5) is 11.3. The predicted octanol–water partition coefficient (Wildman–Crippen LogP) is 4.21. The number of hydrogen-bond acceptors (Lipinski definition) is 4. The Hall–Kier alpha value is -2.27. The molecule has 116 valence electrons. The van der Waals surface area contributed by atoms with E-state index in [-0.39, 0.29) is 5.75 Å². The molecule has 1 atom stereocenters. The standard InChI is InChI=1S/C16H14ClFO4/c1-10(16(19)20-2)21-12-4-6-13(7-5-12)22-15-8-3-11(17)9-14(15)18/h3-10H,1-2H3/t10-/m1/s1. The lowest BCUT2D eigenvalue weighted by molar-refractivity contribution is -0.147. The molecule has 0 spiro atoms. The first-order chi connectivity index (χ1) is 10.5. The quantitative estimate of drug-likeness (QED) is 0.773. The summed E-state index contributed by atoms with van der Waals surface area (Å²) in [6.07, 6.45) is -0.717. The lowest BCUT2D eigenvalue weighted by Crippen LogP contribution is -2.24. The van der Waals surface area contributed by atoms with Crippen LogP contribution in [0.1, 0.15) is 6.92 Å². The number of esters is 1. The van der Waals surface area contributed by atoms with Gasteiger partial charge in [-0.25, -0.2) is 9.18 Å². The molecule has 0 amide bonds. The van der Waals surface area contributed by atoms with Crippen LogP contribution in [0.15, 0.2) is 42.5 Å². The molecule has 0 radical (unpaired) electrons. The Morgan fingerprint density at radius 1 is 1.14 bits per heavy atom. The zero-order chi connectivity index (χ0) is 16.1. The molecule has 6 heteroatoms. The van der Waals surface area contributed by atoms with Gasteiger partial charge in [0.1, 0.15) is 11.5 Å². The number of rotatable bonds is 5. The summed E-state index contributed by atoms with van der Waals surface area (Å²) in [6.45, 7) is 1.58. The molecule has 0 saturated heterocycles. The smallest absolute Gasteiger partial charge is 0.346 e. The van der Waals surface area contributed by atoms with E-state index >= 15 is 0 Å². The van der Waals surface area contributed by atoms with Gasteiger partial charge in [0.25, 0.3) is 0 Å². The monoisotopic (exact) mass is 324 g/mol. The highest BCUT2D eigenvalue weighted by molar-refractivity contribution is 6.30. The summed E-state index contributed by atoms with van der Waals surface area (Å²) in [6, 6.07) is 10.6. The molecule has 2 rings (SSSR count). The van der Waals surface area contributed by atoms with Crippen molar-refractivity contribution in [2.24, 2.45) is 0 Å². The minimum atomic E-state index is -0.717. The molecule has 0 unspecified atom stereocenters. The Morgan fingerprint density at radius 3 is 2.36 bits per heavy atom. The number of halogens is 2. The highest BCUT2D eigenvalue weighted by atomic mass is 35.5. The first-order valence-electron chi connectivity index (χ1n) is 6.47. The molecule has 0 saturated carbocycles. The van der Waals surface area contributed by atoms with Gasteiger partial charge < -0.3 is 14.2 Å². The first-order valence-corrected chi connectivity index (χ1v) is 6.85. The Morgan fingerprint density at radius 2 is 1.77 bits per heavy atom. The summed E-state index contributed by atoms with van der Waals surface area (Å²) in [5.41, 5.74) is 0. The zero-order valence-corrected chi connectivity index (χ0v) is 12.8. The molecule has 0 fully saturated rings. The minimum Gasteiger partial charge on any atom is -0.479 e. The molecule has 0 heterocycles. The van der Waals surface area contributed by atoms with E-state index in [1.54, 1.807) is 31.2 Å². The van der Waals surface area contributed by atoms with Crippen molar-refractivity contribution in [1.29, 1.82) is 0 Å². The summed E-state index contributed by atoms with van der Waals surface area (Å²) >= 11 is 5.68. The fraction of sp³-hybridized carbons (Fsp3) is 0.188. The maximum absolute atomic E-state index is 13.6. The Labute approximate surface area is 132 Å². The van der Waals surface area contributed by atoms with Gasteiger partial charge >= 0.3 is 5.97 Å². The minimum absolute atomic E-state index is 0.0704. The van der Waals surface area contributed by atoms with Gasteiger partial charge in [-0.15, -0.1) is 0 Å². The summed E-state index contributed by atoms with van der Waals surface area (Å²) < 4.78 is 29.0. The van der Waals surface area contributed by atoms with Crippen molar-refractivity contribution >= 4 is 17.6 Å². The van der Waals surface area contributed by atoms with Gasteiger partial charge in [0.05, 0.1) is 7.11 Å². The van der Waals surface area contributed by atoms with Crippen LogP contribution in [-0.2, 0) is 9.53 Å². The second-order valence-corrected chi connectivity index (χ2v) is 4.87. The van der Waals surface area contributed by atoms with Crippen molar-refractivity contribution in [1.82, 2.24) is 0 Å². The maximum Gasteiger partial charge on any atom is 0.346 e. The lowest BCUT2D eigenvalue weighted by atomic mass is 10.3. The molecule has 0 aliphatic carbocycles. The fourth-order valence-corrected chi connectivity index (χ4v) is 1.85. The fourth-order valence-electron chi connectivity index (χ4n) is 1.69. The molecule has 0 aromatic heterocycles. The Kier molecular flexibility index (Phi) is 5.22. The highest BCUT2D eigenvalue weighted by Gasteiger charge is 2.14. The molecular weight excluding hydrogens is 311 g/mol. The van der Waals surface area contributed by atoms with Crippen molar-refractivity contribution in [2.45, 2.75) is 13.0 Å². The van der Waals surface area contributed by atoms with Crippen LogP contribution in [0.5, 0.6) is 17.2 Å². The molecule has 0 bridgehead atoms. The van der Waals surface area contributed by atoms with E-state index in [1.807, 2.05) is 0 Å². The topological polar surface area (TPSA) is 44.8 Å². The van der Waals surface area contributed by atoms with Gasteiger partial charge in [0, 0.05) is 5.02 Å². The summed E-state index contributed by atoms with van der Waals surface area (Å²) in [5.74, 6) is -0.0437. The van der Waals surface area contributed by atoms with Gasteiger partial charge in [-0.2, -0.15) is 0 Å². The van der Waals surface area contributed by atoms with Crippen LogP contribution < -0.4 is 9.47 Å². The van der Waals surface area contributed by atoms with Crippen molar-refractivity contribution < 1.29 is 23.4 Å². The van der Waals surface area contributed by atoms with E-state index in [4.69, 9.17) is 21.1 Å². The van der Waals surface area contributed by atoms with Crippen LogP contribution >= 0.6 is 11.6 Å².